The van der Waals surface area contributed by atoms with Crippen LogP contribution in [-0.2, 0) is 0 Å². The molecule has 0 unspecified atom stereocenters. The Kier molecular flexibility index (Phi) is 4.70. The van der Waals surface area contributed by atoms with E-state index in [-0.39, 0.29) is 0 Å². The van der Waals surface area contributed by atoms with Gasteiger partial charge in [0.2, 0.25) is 0 Å². The van der Waals surface area contributed by atoms with Gasteiger partial charge in [-0.25, -0.2) is 0 Å². The lowest BCUT2D eigenvalue weighted by atomic mass is 9.88. The molecule has 0 fully saturated rings. The minimum Gasteiger partial charge on any atom is -0.496 e. The van der Waals surface area contributed by atoms with Gasteiger partial charge >= 0.3 is 0 Å². The molecule has 25 heavy (non-hydrogen) atoms. The second-order valence-corrected chi connectivity index (χ2v) is 6.05. The largest absolute Gasteiger partial charge is 0.496 e. The molecule has 0 atom stereocenters. The summed E-state index contributed by atoms with van der Waals surface area (Å²) < 4.78 is 16.2. The van der Waals surface area contributed by atoms with Crippen LogP contribution in [0, 0.1) is 0 Å². The Bertz CT molecular complexity index is 850. The minimum absolute atomic E-state index is 0.732. The highest BCUT2D eigenvalue weighted by molar-refractivity contribution is 6.02. The van der Waals surface area contributed by atoms with Crippen LogP contribution in [0.15, 0.2) is 48.6 Å². The molecule has 0 aromatic heterocycles. The highest BCUT2D eigenvalue weighted by Gasteiger charge is 2.17. The van der Waals surface area contributed by atoms with E-state index in [1.807, 2.05) is 32.3 Å². The first kappa shape index (κ1) is 17.0. The molecule has 0 N–H and O–H groups in total. The number of methoxy groups -OCH3 is 3. The zero-order chi connectivity index (χ0) is 18.0. The van der Waals surface area contributed by atoms with Crippen molar-refractivity contribution in [3.05, 3.63) is 59.7 Å². The smallest absolute Gasteiger partial charge is 0.161 e. The summed E-state index contributed by atoms with van der Waals surface area (Å²) in [7, 11) is 9.03. The molecular weight excluding hydrogens is 314 g/mol. The first-order valence-electron chi connectivity index (χ1n) is 8.09. The first-order chi connectivity index (χ1) is 12.1. The van der Waals surface area contributed by atoms with Crippen molar-refractivity contribution in [3.8, 4) is 17.2 Å². The number of hydrogen-bond acceptors (Lipinski definition) is 4. The molecule has 1 aliphatic rings. The van der Waals surface area contributed by atoms with E-state index in [1.165, 1.54) is 0 Å². The van der Waals surface area contributed by atoms with Crippen molar-refractivity contribution in [2.45, 2.75) is 0 Å². The van der Waals surface area contributed by atoms with Gasteiger partial charge in [-0.2, -0.15) is 0 Å². The zero-order valence-electron chi connectivity index (χ0n) is 15.3. The van der Waals surface area contributed by atoms with Crippen LogP contribution in [-0.4, -0.2) is 35.4 Å². The fraction of sp³-hybridized carbons (Fsp3) is 0.238. The van der Waals surface area contributed by atoms with Crippen LogP contribution in [0.3, 0.4) is 0 Å². The normalized spacial score (nSPS) is 12.7. The van der Waals surface area contributed by atoms with E-state index < -0.39 is 0 Å². The Morgan fingerprint density at radius 3 is 1.96 bits per heavy atom. The second kappa shape index (κ2) is 6.93. The number of rotatable bonds is 6. The topological polar surface area (TPSA) is 30.9 Å². The Morgan fingerprint density at radius 1 is 0.680 bits per heavy atom. The summed E-state index contributed by atoms with van der Waals surface area (Å²) in [6.07, 6.45) is 4.32. The number of allylic oxidation sites excluding steroid dienone is 4. The lowest BCUT2D eigenvalue weighted by Crippen LogP contribution is -2.09. The molecule has 4 heteroatoms. The van der Waals surface area contributed by atoms with E-state index in [0.717, 1.165) is 45.2 Å². The van der Waals surface area contributed by atoms with Gasteiger partial charge in [-0.1, -0.05) is 6.07 Å². The van der Waals surface area contributed by atoms with Crippen LogP contribution < -0.4 is 19.1 Å². The summed E-state index contributed by atoms with van der Waals surface area (Å²) in [4.78, 5) is 2.06. The summed E-state index contributed by atoms with van der Waals surface area (Å²) in [5.74, 6) is 2.34. The van der Waals surface area contributed by atoms with E-state index in [0.29, 0.717) is 0 Å². The van der Waals surface area contributed by atoms with Crippen molar-refractivity contribution in [3.63, 3.8) is 0 Å². The van der Waals surface area contributed by atoms with Gasteiger partial charge in [-0.3, -0.25) is 0 Å². The molecule has 130 valence electrons. The van der Waals surface area contributed by atoms with E-state index in [4.69, 9.17) is 14.2 Å². The molecule has 0 spiro atoms. The van der Waals surface area contributed by atoms with Crippen LogP contribution in [0.5, 0.6) is 17.2 Å². The monoisotopic (exact) mass is 337 g/mol. The average Bonchev–Trinajstić information content (AvgIpc) is 2.60. The quantitative estimate of drug-likeness (QED) is 0.788. The van der Waals surface area contributed by atoms with Gasteiger partial charge in [0, 0.05) is 31.4 Å². The fourth-order valence-corrected chi connectivity index (χ4v) is 2.86. The molecular formula is C21H23NO3. The van der Waals surface area contributed by atoms with Crippen LogP contribution in [0.2, 0.25) is 0 Å². The number of hydrogen-bond donors (Lipinski definition) is 0. The van der Waals surface area contributed by atoms with Gasteiger partial charge in [0.05, 0.1) is 21.3 Å². The molecule has 0 saturated heterocycles. The van der Waals surface area contributed by atoms with Gasteiger partial charge in [-0.15, -0.1) is 0 Å². The summed E-state index contributed by atoms with van der Waals surface area (Å²) in [5.41, 5.74) is 5.63. The number of benzene rings is 2. The lowest BCUT2D eigenvalue weighted by Gasteiger charge is -2.21. The molecule has 3 rings (SSSR count). The number of ether oxygens (including phenoxy) is 3. The van der Waals surface area contributed by atoms with Crippen LogP contribution in [0.1, 0.15) is 11.1 Å². The Hall–Kier alpha value is -2.88. The standard InChI is InChI=1S/C21H23NO3/c1-22(2)17-7-8-18(20(13-17)24-4)16-10-15(11-16)14-6-9-19(23-3)21(12-14)25-5/h6-13H,1-5H3. The number of anilines is 1. The molecule has 2 aromatic rings. The van der Waals surface area contributed by atoms with E-state index >= 15 is 0 Å². The predicted molar refractivity (Wildman–Crippen MR) is 103 cm³/mol. The van der Waals surface area contributed by atoms with Crippen molar-refractivity contribution in [2.24, 2.45) is 0 Å². The molecule has 4 nitrogen and oxygen atoms in total. The molecule has 0 amide bonds. The predicted octanol–water partition coefficient (Wildman–Crippen LogP) is 4.26. The molecule has 0 heterocycles. The van der Waals surface area contributed by atoms with Crippen molar-refractivity contribution >= 4 is 16.8 Å². The highest BCUT2D eigenvalue weighted by Crippen LogP contribution is 2.40. The summed E-state index contributed by atoms with van der Waals surface area (Å²) in [6, 6.07) is 12.2. The molecule has 0 saturated carbocycles. The zero-order valence-corrected chi connectivity index (χ0v) is 15.3. The molecule has 0 radical (unpaired) electrons. The lowest BCUT2D eigenvalue weighted by molar-refractivity contribution is 0.355. The van der Waals surface area contributed by atoms with Crippen molar-refractivity contribution in [2.75, 3.05) is 40.3 Å². The van der Waals surface area contributed by atoms with Gasteiger partial charge < -0.3 is 19.1 Å². The maximum atomic E-state index is 5.57. The molecule has 2 aromatic carbocycles. The average molecular weight is 337 g/mol. The summed E-state index contributed by atoms with van der Waals surface area (Å²) in [6.45, 7) is 0. The van der Waals surface area contributed by atoms with E-state index in [1.54, 1.807) is 21.3 Å². The van der Waals surface area contributed by atoms with E-state index in [2.05, 4.69) is 35.3 Å². The summed E-state index contributed by atoms with van der Waals surface area (Å²) >= 11 is 0. The molecule has 1 aliphatic carbocycles. The summed E-state index contributed by atoms with van der Waals surface area (Å²) in [5, 5.41) is 0. The van der Waals surface area contributed by atoms with Crippen LogP contribution in [0.4, 0.5) is 5.69 Å². The number of nitrogens with zero attached hydrogens (tertiary/aromatic N) is 1. The third-order valence-corrected chi connectivity index (χ3v) is 4.35. The van der Waals surface area contributed by atoms with Crippen LogP contribution >= 0.6 is 0 Å². The highest BCUT2D eigenvalue weighted by atomic mass is 16.5. The van der Waals surface area contributed by atoms with Gasteiger partial charge in [0.15, 0.2) is 11.5 Å². The third kappa shape index (κ3) is 3.20. The van der Waals surface area contributed by atoms with E-state index in [9.17, 15) is 0 Å². The maximum absolute atomic E-state index is 5.57. The first-order valence-corrected chi connectivity index (χ1v) is 8.09. The SMILES string of the molecule is COc1ccc(C2=CC(c3ccc(N(C)C)cc3OC)=C2)cc1OC. The Morgan fingerprint density at radius 2 is 1.36 bits per heavy atom. The van der Waals surface area contributed by atoms with Crippen molar-refractivity contribution in [1.82, 2.24) is 0 Å². The Labute approximate surface area is 148 Å². The third-order valence-electron chi connectivity index (χ3n) is 4.35. The second-order valence-electron chi connectivity index (χ2n) is 6.05. The van der Waals surface area contributed by atoms with Crippen LogP contribution in [0.25, 0.3) is 11.1 Å². The van der Waals surface area contributed by atoms with Gasteiger partial charge in [-0.05, 0) is 53.1 Å². The van der Waals surface area contributed by atoms with Crippen molar-refractivity contribution in [1.29, 1.82) is 0 Å². The maximum Gasteiger partial charge on any atom is 0.161 e. The van der Waals surface area contributed by atoms with Gasteiger partial charge in [0.25, 0.3) is 0 Å². The van der Waals surface area contributed by atoms with Crippen molar-refractivity contribution < 1.29 is 14.2 Å². The Balaban J connectivity index is 1.85. The molecule has 0 aliphatic heterocycles. The fourth-order valence-electron chi connectivity index (χ4n) is 2.86. The molecule has 0 bridgehead atoms. The minimum atomic E-state index is 0.732. The van der Waals surface area contributed by atoms with Gasteiger partial charge in [0.1, 0.15) is 5.75 Å².